The Balaban J connectivity index is 2.22. The zero-order valence-electron chi connectivity index (χ0n) is 8.77. The Morgan fingerprint density at radius 3 is 2.94 bits per heavy atom. The molecule has 82 valence electrons. The monoisotopic (exact) mass is 242 g/mol. The number of rotatable bonds is 1. The predicted octanol–water partition coefficient (Wildman–Crippen LogP) is 2.75. The lowest BCUT2D eigenvalue weighted by atomic mass is 10.1. The molecule has 0 radical (unpaired) electrons. The van der Waals surface area contributed by atoms with E-state index in [4.69, 9.17) is 5.26 Å². The van der Waals surface area contributed by atoms with Gasteiger partial charge in [0, 0.05) is 10.9 Å². The van der Waals surface area contributed by atoms with E-state index in [1.165, 1.54) is 0 Å². The van der Waals surface area contributed by atoms with Crippen molar-refractivity contribution in [1.82, 2.24) is 4.98 Å². The molecule has 0 spiro atoms. The van der Waals surface area contributed by atoms with Gasteiger partial charge in [-0.25, -0.2) is 4.98 Å². The Hall–Kier alpha value is -2.17. The van der Waals surface area contributed by atoms with E-state index in [0.717, 1.165) is 22.5 Å². The van der Waals surface area contributed by atoms with Crippen molar-refractivity contribution < 1.29 is 4.39 Å². The van der Waals surface area contributed by atoms with E-state index in [1.54, 1.807) is 5.38 Å². The smallest absolute Gasteiger partial charge is 0.201 e. The maximum atomic E-state index is 12.6. The Kier molecular flexibility index (Phi) is 3.49. The van der Waals surface area contributed by atoms with Crippen LogP contribution in [0.15, 0.2) is 29.6 Å². The van der Waals surface area contributed by atoms with E-state index in [2.05, 4.69) is 22.9 Å². The average Bonchev–Trinajstić information content (AvgIpc) is 2.74. The summed E-state index contributed by atoms with van der Waals surface area (Å²) in [5.41, 5.74) is 2.15. The molecule has 4 heteroatoms. The van der Waals surface area contributed by atoms with Gasteiger partial charge in [0.2, 0.25) is 0 Å². The summed E-state index contributed by atoms with van der Waals surface area (Å²) in [4.78, 5) is 3.61. The van der Waals surface area contributed by atoms with Crippen molar-refractivity contribution in [3.8, 4) is 17.9 Å². The van der Waals surface area contributed by atoms with Gasteiger partial charge in [0.1, 0.15) is 5.69 Å². The summed E-state index contributed by atoms with van der Waals surface area (Å²) < 4.78 is 12.6. The lowest BCUT2D eigenvalue weighted by Crippen LogP contribution is -1.83. The van der Waals surface area contributed by atoms with Crippen molar-refractivity contribution in [1.29, 1.82) is 5.26 Å². The normalized spacial score (nSPS) is 9.18. The molecule has 0 N–H and O–H groups in total. The van der Waals surface area contributed by atoms with Crippen LogP contribution in [0.3, 0.4) is 0 Å². The van der Waals surface area contributed by atoms with Crippen LogP contribution in [0.2, 0.25) is 0 Å². The molecule has 0 unspecified atom stereocenters. The first kappa shape index (κ1) is 11.3. The summed E-state index contributed by atoms with van der Waals surface area (Å²) in [7, 11) is 0. The SMILES string of the molecule is N#CCc1cccc(C#Cc2csc(F)n2)c1. The lowest BCUT2D eigenvalue weighted by Gasteiger charge is -1.94. The Morgan fingerprint density at radius 1 is 1.35 bits per heavy atom. The van der Waals surface area contributed by atoms with Gasteiger partial charge in [-0.3, -0.25) is 0 Å². The van der Waals surface area contributed by atoms with Gasteiger partial charge >= 0.3 is 0 Å². The molecule has 0 saturated carbocycles. The third-order valence-corrected chi connectivity index (χ3v) is 2.65. The largest absolute Gasteiger partial charge is 0.270 e. The van der Waals surface area contributed by atoms with Crippen LogP contribution in [-0.2, 0) is 6.42 Å². The molecule has 0 aliphatic carbocycles. The number of hydrogen-bond acceptors (Lipinski definition) is 3. The number of hydrogen-bond donors (Lipinski definition) is 0. The summed E-state index contributed by atoms with van der Waals surface area (Å²) >= 11 is 0.927. The highest BCUT2D eigenvalue weighted by Gasteiger charge is 1.96. The maximum absolute atomic E-state index is 12.6. The number of nitriles is 1. The van der Waals surface area contributed by atoms with E-state index in [9.17, 15) is 4.39 Å². The van der Waals surface area contributed by atoms with Gasteiger partial charge in [0.25, 0.3) is 5.26 Å². The molecular weight excluding hydrogens is 235 g/mol. The van der Waals surface area contributed by atoms with Crippen molar-refractivity contribution >= 4 is 11.3 Å². The van der Waals surface area contributed by atoms with Crippen LogP contribution in [0.5, 0.6) is 0 Å². The van der Waals surface area contributed by atoms with Crippen LogP contribution in [0.25, 0.3) is 0 Å². The highest BCUT2D eigenvalue weighted by molar-refractivity contribution is 7.08. The fraction of sp³-hybridized carbons (Fsp3) is 0.0769. The van der Waals surface area contributed by atoms with Gasteiger partial charge < -0.3 is 0 Å². The first-order valence-electron chi connectivity index (χ1n) is 4.87. The minimum Gasteiger partial charge on any atom is -0.201 e. The topological polar surface area (TPSA) is 36.7 Å². The third kappa shape index (κ3) is 3.14. The summed E-state index contributed by atoms with van der Waals surface area (Å²) in [5.74, 6) is 5.67. The minimum atomic E-state index is -0.479. The van der Waals surface area contributed by atoms with E-state index < -0.39 is 5.26 Å². The lowest BCUT2D eigenvalue weighted by molar-refractivity contribution is 0.616. The molecule has 1 heterocycles. The van der Waals surface area contributed by atoms with Crippen molar-refractivity contribution in [2.45, 2.75) is 6.42 Å². The molecule has 0 bridgehead atoms. The maximum Gasteiger partial charge on any atom is 0.270 e. The van der Waals surface area contributed by atoms with Gasteiger partial charge in [-0.2, -0.15) is 9.65 Å². The number of thiazole rings is 1. The van der Waals surface area contributed by atoms with E-state index in [0.29, 0.717) is 12.1 Å². The third-order valence-electron chi connectivity index (χ3n) is 2.02. The Bertz CT molecular complexity index is 629. The standard InChI is InChI=1S/C13H7FN2S/c14-13-16-12(9-17-13)5-4-10-2-1-3-11(8-10)6-7-15/h1-3,8-9H,6H2. The summed E-state index contributed by atoms with van der Waals surface area (Å²) in [5, 5.41) is 9.68. The van der Waals surface area contributed by atoms with E-state index in [1.807, 2.05) is 24.3 Å². The number of benzene rings is 1. The molecule has 1 aromatic heterocycles. The highest BCUT2D eigenvalue weighted by atomic mass is 32.1. The molecule has 17 heavy (non-hydrogen) atoms. The van der Waals surface area contributed by atoms with Crippen molar-refractivity contribution in [3.05, 3.63) is 51.7 Å². The first-order valence-corrected chi connectivity index (χ1v) is 5.75. The second-order valence-electron chi connectivity index (χ2n) is 3.27. The molecule has 0 saturated heterocycles. The molecule has 0 atom stereocenters. The van der Waals surface area contributed by atoms with Gasteiger partial charge in [-0.15, -0.1) is 0 Å². The summed E-state index contributed by atoms with van der Waals surface area (Å²) in [6, 6.07) is 9.49. The Labute approximate surface area is 102 Å². The fourth-order valence-electron chi connectivity index (χ4n) is 1.30. The molecule has 0 amide bonds. The minimum absolute atomic E-state index is 0.362. The fourth-order valence-corrected chi connectivity index (χ4v) is 1.77. The van der Waals surface area contributed by atoms with Gasteiger partial charge in [0.15, 0.2) is 0 Å². The van der Waals surface area contributed by atoms with Crippen LogP contribution < -0.4 is 0 Å². The quantitative estimate of drug-likeness (QED) is 0.721. The molecule has 1 aromatic carbocycles. The van der Waals surface area contributed by atoms with Gasteiger partial charge in [-0.05, 0) is 23.6 Å². The number of nitrogens with zero attached hydrogens (tertiary/aromatic N) is 2. The second kappa shape index (κ2) is 5.25. The molecule has 2 nitrogen and oxygen atoms in total. The number of halogens is 1. The summed E-state index contributed by atoms with van der Waals surface area (Å²) in [6.45, 7) is 0. The predicted molar refractivity (Wildman–Crippen MR) is 63.8 cm³/mol. The molecule has 2 aromatic rings. The molecule has 0 aliphatic heterocycles. The van der Waals surface area contributed by atoms with Crippen molar-refractivity contribution in [2.24, 2.45) is 0 Å². The molecule has 2 rings (SSSR count). The number of aromatic nitrogens is 1. The highest BCUT2D eigenvalue weighted by Crippen LogP contribution is 2.07. The van der Waals surface area contributed by atoms with Crippen molar-refractivity contribution in [3.63, 3.8) is 0 Å². The average molecular weight is 242 g/mol. The van der Waals surface area contributed by atoms with E-state index >= 15 is 0 Å². The zero-order chi connectivity index (χ0) is 12.1. The van der Waals surface area contributed by atoms with Crippen LogP contribution in [0.1, 0.15) is 16.8 Å². The zero-order valence-corrected chi connectivity index (χ0v) is 9.59. The second-order valence-corrected chi connectivity index (χ2v) is 4.08. The molecular formula is C13H7FN2S. The van der Waals surface area contributed by atoms with Crippen LogP contribution in [0.4, 0.5) is 4.39 Å². The summed E-state index contributed by atoms with van der Waals surface area (Å²) in [6.07, 6.45) is 0.362. The van der Waals surface area contributed by atoms with Gasteiger partial charge in [0.05, 0.1) is 12.5 Å². The van der Waals surface area contributed by atoms with Gasteiger partial charge in [-0.1, -0.05) is 29.4 Å². The van der Waals surface area contributed by atoms with E-state index in [-0.39, 0.29) is 0 Å². The first-order chi connectivity index (χ1) is 8.28. The van der Waals surface area contributed by atoms with Crippen LogP contribution in [-0.4, -0.2) is 4.98 Å². The molecule has 0 aliphatic rings. The van der Waals surface area contributed by atoms with Crippen molar-refractivity contribution in [2.75, 3.05) is 0 Å². The Morgan fingerprint density at radius 2 is 2.24 bits per heavy atom. The van der Waals surface area contributed by atoms with Crippen LogP contribution >= 0.6 is 11.3 Å². The van der Waals surface area contributed by atoms with Crippen LogP contribution in [0, 0.1) is 28.4 Å². The molecule has 0 fully saturated rings.